The van der Waals surface area contributed by atoms with E-state index < -0.39 is 0 Å². The van der Waals surface area contributed by atoms with Gasteiger partial charge in [0.1, 0.15) is 0 Å². The predicted molar refractivity (Wildman–Crippen MR) is 115 cm³/mol. The van der Waals surface area contributed by atoms with E-state index in [2.05, 4.69) is 41.0 Å². The van der Waals surface area contributed by atoms with Crippen LogP contribution in [-0.2, 0) is 16.0 Å². The fourth-order valence-electron chi connectivity index (χ4n) is 6.38. The number of likely N-dealkylation sites (tertiary alicyclic amines) is 2. The SMILES string of the molecule is C[C@@H]1CCCN1CCc1ccc([C@@H]2CC[C@@H]3CN(C(=O)C4CCOC4)C[C@@H]32)cc1. The fourth-order valence-corrected chi connectivity index (χ4v) is 6.38. The van der Waals surface area contributed by atoms with Gasteiger partial charge >= 0.3 is 0 Å². The van der Waals surface area contributed by atoms with Crippen molar-refractivity contribution >= 4 is 5.91 Å². The van der Waals surface area contributed by atoms with Crippen molar-refractivity contribution in [2.45, 2.75) is 57.4 Å². The first-order valence-electron chi connectivity index (χ1n) is 11.9. The van der Waals surface area contributed by atoms with Crippen LogP contribution < -0.4 is 0 Å². The molecule has 3 heterocycles. The van der Waals surface area contributed by atoms with Gasteiger partial charge in [-0.05, 0) is 80.9 Å². The van der Waals surface area contributed by atoms with Crippen LogP contribution in [0.1, 0.15) is 56.1 Å². The summed E-state index contributed by atoms with van der Waals surface area (Å²) >= 11 is 0. The number of hydrogen-bond acceptors (Lipinski definition) is 3. The zero-order valence-corrected chi connectivity index (χ0v) is 17.9. The molecular weight excluding hydrogens is 360 g/mol. The number of amides is 1. The second-order valence-corrected chi connectivity index (χ2v) is 9.93. The van der Waals surface area contributed by atoms with Gasteiger partial charge in [0.25, 0.3) is 0 Å². The molecule has 0 radical (unpaired) electrons. The van der Waals surface area contributed by atoms with Crippen molar-refractivity contribution < 1.29 is 9.53 Å². The van der Waals surface area contributed by atoms with E-state index >= 15 is 0 Å². The summed E-state index contributed by atoms with van der Waals surface area (Å²) < 4.78 is 5.44. The third kappa shape index (κ3) is 3.98. The summed E-state index contributed by atoms with van der Waals surface area (Å²) in [6, 6.07) is 10.2. The Morgan fingerprint density at radius 1 is 1.10 bits per heavy atom. The molecule has 0 aromatic heterocycles. The lowest BCUT2D eigenvalue weighted by Gasteiger charge is -2.23. The molecular formula is C25H36N2O2. The van der Waals surface area contributed by atoms with Crippen molar-refractivity contribution in [2.24, 2.45) is 17.8 Å². The highest BCUT2D eigenvalue weighted by Gasteiger charge is 2.45. The van der Waals surface area contributed by atoms with Crippen LogP contribution in [-0.4, -0.2) is 61.1 Å². The lowest BCUT2D eigenvalue weighted by Crippen LogP contribution is -2.35. The molecule has 1 aromatic rings. The Hall–Kier alpha value is -1.39. The Kier molecular flexibility index (Phi) is 5.66. The van der Waals surface area contributed by atoms with E-state index in [0.29, 0.717) is 30.3 Å². The number of hydrogen-bond donors (Lipinski definition) is 0. The van der Waals surface area contributed by atoms with Gasteiger partial charge in [0.2, 0.25) is 5.91 Å². The summed E-state index contributed by atoms with van der Waals surface area (Å²) in [6.45, 7) is 8.14. The Bertz CT molecular complexity index is 712. The van der Waals surface area contributed by atoms with E-state index in [1.807, 2.05) is 0 Å². The van der Waals surface area contributed by atoms with E-state index in [1.54, 1.807) is 0 Å². The molecule has 0 spiro atoms. The van der Waals surface area contributed by atoms with E-state index in [9.17, 15) is 4.79 Å². The number of nitrogens with zero attached hydrogens (tertiary/aromatic N) is 2. The topological polar surface area (TPSA) is 32.8 Å². The Balaban J connectivity index is 1.18. The van der Waals surface area contributed by atoms with Crippen LogP contribution in [0.15, 0.2) is 24.3 Å². The van der Waals surface area contributed by atoms with Gasteiger partial charge < -0.3 is 14.5 Å². The van der Waals surface area contributed by atoms with E-state index in [1.165, 1.54) is 49.9 Å². The van der Waals surface area contributed by atoms with Crippen molar-refractivity contribution in [3.05, 3.63) is 35.4 Å². The summed E-state index contributed by atoms with van der Waals surface area (Å²) in [5.41, 5.74) is 2.96. The molecule has 3 aliphatic heterocycles. The average Bonchev–Trinajstić information content (AvgIpc) is 3.51. The first-order valence-corrected chi connectivity index (χ1v) is 11.9. The molecule has 1 saturated carbocycles. The summed E-state index contributed by atoms with van der Waals surface area (Å²) in [6.07, 6.45) is 7.34. The number of fused-ring (bicyclic) bond motifs is 1. The predicted octanol–water partition coefficient (Wildman–Crippen LogP) is 3.70. The van der Waals surface area contributed by atoms with Gasteiger partial charge in [-0.25, -0.2) is 0 Å². The second kappa shape index (κ2) is 8.39. The molecule has 5 atom stereocenters. The minimum atomic E-state index is 0.116. The van der Waals surface area contributed by atoms with Crippen LogP contribution in [0, 0.1) is 17.8 Å². The minimum absolute atomic E-state index is 0.116. The molecule has 0 N–H and O–H groups in total. The monoisotopic (exact) mass is 396 g/mol. The molecule has 1 amide bonds. The molecule has 1 aromatic carbocycles. The van der Waals surface area contributed by atoms with E-state index in [0.717, 1.165) is 38.6 Å². The first kappa shape index (κ1) is 19.6. The van der Waals surface area contributed by atoms with Crippen molar-refractivity contribution in [1.82, 2.24) is 9.80 Å². The summed E-state index contributed by atoms with van der Waals surface area (Å²) in [5.74, 6) is 2.44. The molecule has 4 heteroatoms. The molecule has 0 bridgehead atoms. The zero-order valence-electron chi connectivity index (χ0n) is 17.9. The van der Waals surface area contributed by atoms with Gasteiger partial charge in [-0.15, -0.1) is 0 Å². The van der Waals surface area contributed by atoms with Crippen molar-refractivity contribution in [3.8, 4) is 0 Å². The highest BCUT2D eigenvalue weighted by atomic mass is 16.5. The Labute approximate surface area is 175 Å². The zero-order chi connectivity index (χ0) is 19.8. The van der Waals surface area contributed by atoms with Gasteiger partial charge in [0.15, 0.2) is 0 Å². The van der Waals surface area contributed by atoms with Crippen molar-refractivity contribution in [3.63, 3.8) is 0 Å². The minimum Gasteiger partial charge on any atom is -0.381 e. The Morgan fingerprint density at radius 3 is 2.69 bits per heavy atom. The number of ether oxygens (including phenoxy) is 1. The van der Waals surface area contributed by atoms with Gasteiger partial charge in [0.05, 0.1) is 12.5 Å². The van der Waals surface area contributed by atoms with Crippen molar-refractivity contribution in [2.75, 3.05) is 39.4 Å². The van der Waals surface area contributed by atoms with Gasteiger partial charge in [-0.2, -0.15) is 0 Å². The molecule has 1 aliphatic carbocycles. The van der Waals surface area contributed by atoms with Crippen LogP contribution in [0.2, 0.25) is 0 Å². The number of rotatable bonds is 5. The normalized spacial score (nSPS) is 34.8. The maximum absolute atomic E-state index is 12.8. The van der Waals surface area contributed by atoms with Gasteiger partial charge in [-0.3, -0.25) is 4.79 Å². The molecule has 3 saturated heterocycles. The highest BCUT2D eigenvalue weighted by Crippen LogP contribution is 2.47. The van der Waals surface area contributed by atoms with Crippen LogP contribution in [0.25, 0.3) is 0 Å². The average molecular weight is 397 g/mol. The summed E-state index contributed by atoms with van der Waals surface area (Å²) in [7, 11) is 0. The smallest absolute Gasteiger partial charge is 0.228 e. The molecule has 1 unspecified atom stereocenters. The maximum atomic E-state index is 12.8. The standard InChI is InChI=1S/C25H36N2O2/c1-18-3-2-12-26(18)13-10-19-4-6-20(7-5-19)23-9-8-21-15-27(16-24(21)23)25(28)22-11-14-29-17-22/h4-7,18,21-24H,2-3,8-17H2,1H3/t18-,21-,22?,23+,24+/m1/s1. The third-order valence-electron chi connectivity index (χ3n) is 8.23. The molecule has 5 rings (SSSR count). The number of carbonyl (C=O) groups is 1. The molecule has 4 fully saturated rings. The molecule has 158 valence electrons. The maximum Gasteiger partial charge on any atom is 0.228 e. The first-order chi connectivity index (χ1) is 14.2. The number of carbonyl (C=O) groups excluding carboxylic acids is 1. The van der Waals surface area contributed by atoms with Crippen LogP contribution in [0.3, 0.4) is 0 Å². The molecule has 29 heavy (non-hydrogen) atoms. The van der Waals surface area contributed by atoms with E-state index in [4.69, 9.17) is 4.74 Å². The highest BCUT2D eigenvalue weighted by molar-refractivity contribution is 5.79. The summed E-state index contributed by atoms with van der Waals surface area (Å²) in [5, 5.41) is 0. The largest absolute Gasteiger partial charge is 0.381 e. The fraction of sp³-hybridized carbons (Fsp3) is 0.720. The van der Waals surface area contributed by atoms with Crippen LogP contribution in [0.5, 0.6) is 0 Å². The van der Waals surface area contributed by atoms with Crippen molar-refractivity contribution in [1.29, 1.82) is 0 Å². The Morgan fingerprint density at radius 2 is 1.97 bits per heavy atom. The second-order valence-electron chi connectivity index (χ2n) is 9.93. The quantitative estimate of drug-likeness (QED) is 0.761. The third-order valence-corrected chi connectivity index (χ3v) is 8.23. The molecule has 4 nitrogen and oxygen atoms in total. The summed E-state index contributed by atoms with van der Waals surface area (Å²) in [4.78, 5) is 17.6. The van der Waals surface area contributed by atoms with Gasteiger partial charge in [-0.1, -0.05) is 24.3 Å². The van der Waals surface area contributed by atoms with Gasteiger partial charge in [0, 0.05) is 32.3 Å². The number of benzene rings is 1. The lowest BCUT2D eigenvalue weighted by molar-refractivity contribution is -0.134. The van der Waals surface area contributed by atoms with E-state index in [-0.39, 0.29) is 5.92 Å². The van der Waals surface area contributed by atoms with Crippen LogP contribution in [0.4, 0.5) is 0 Å². The van der Waals surface area contributed by atoms with Crippen LogP contribution >= 0.6 is 0 Å². The molecule has 4 aliphatic rings. The lowest BCUT2D eigenvalue weighted by atomic mass is 9.86.